The third-order valence-corrected chi connectivity index (χ3v) is 5.12. The van der Waals surface area contributed by atoms with Crippen LogP contribution in [0.3, 0.4) is 0 Å². The molecule has 0 saturated carbocycles. The number of rotatable bonds is 18. The van der Waals surface area contributed by atoms with Gasteiger partial charge in [0, 0.05) is 13.3 Å². The van der Waals surface area contributed by atoms with Gasteiger partial charge in [-0.1, -0.05) is 84.0 Å². The Kier molecular flexibility index (Phi) is 14.1. The Morgan fingerprint density at radius 1 is 0.815 bits per heavy atom. The summed E-state index contributed by atoms with van der Waals surface area (Å²) in [6, 6.07) is 0. The average molecular weight is 408 g/mol. The highest BCUT2D eigenvalue weighted by atomic mass is 31.2. The van der Waals surface area contributed by atoms with Crippen molar-refractivity contribution in [3.8, 4) is 0 Å². The van der Waals surface area contributed by atoms with Crippen LogP contribution in [-0.4, -0.2) is 32.2 Å². The second-order valence-corrected chi connectivity index (χ2v) is 8.36. The zero-order valence-corrected chi connectivity index (χ0v) is 17.7. The van der Waals surface area contributed by atoms with Crippen LogP contribution in [0.2, 0.25) is 0 Å². The van der Waals surface area contributed by atoms with E-state index in [9.17, 15) is 19.3 Å². The number of carbonyl (C=O) groups is 2. The molecule has 0 aliphatic heterocycles. The minimum absolute atomic E-state index is 0.159. The van der Waals surface area contributed by atoms with Crippen molar-refractivity contribution in [2.24, 2.45) is 0 Å². The van der Waals surface area contributed by atoms with E-state index < -0.39 is 25.2 Å². The highest BCUT2D eigenvalue weighted by Gasteiger charge is 2.46. The van der Waals surface area contributed by atoms with Crippen LogP contribution >= 0.6 is 7.82 Å². The summed E-state index contributed by atoms with van der Waals surface area (Å²) in [5.74, 6) is -5.21. The second kappa shape index (κ2) is 14.4. The lowest BCUT2D eigenvalue weighted by Crippen LogP contribution is -2.47. The van der Waals surface area contributed by atoms with Gasteiger partial charge in [-0.2, -0.15) is 0 Å². The van der Waals surface area contributed by atoms with Gasteiger partial charge in [-0.3, -0.25) is 9.59 Å². The van der Waals surface area contributed by atoms with Crippen molar-refractivity contribution in [2.75, 3.05) is 0 Å². The number of phosphoric ester groups is 1. The molecule has 7 nitrogen and oxygen atoms in total. The average Bonchev–Trinajstić information content (AvgIpc) is 2.57. The monoisotopic (exact) mass is 408 g/mol. The topological polar surface area (TPSA) is 121 Å². The summed E-state index contributed by atoms with van der Waals surface area (Å²) in [4.78, 5) is 40.8. The predicted molar refractivity (Wildman–Crippen MR) is 104 cm³/mol. The van der Waals surface area contributed by atoms with Crippen LogP contribution in [0.5, 0.6) is 0 Å². The molecule has 0 heterocycles. The molecule has 0 rings (SSSR count). The van der Waals surface area contributed by atoms with Crippen LogP contribution in [-0.2, 0) is 18.7 Å². The highest BCUT2D eigenvalue weighted by molar-refractivity contribution is 7.46. The summed E-state index contributed by atoms with van der Waals surface area (Å²) >= 11 is 0. The molecule has 8 heteroatoms. The van der Waals surface area contributed by atoms with Crippen molar-refractivity contribution in [2.45, 2.75) is 110 Å². The van der Waals surface area contributed by atoms with E-state index in [1.54, 1.807) is 0 Å². The van der Waals surface area contributed by atoms with E-state index in [0.29, 0.717) is 6.42 Å². The summed E-state index contributed by atoms with van der Waals surface area (Å²) in [5, 5.41) is 9.87. The molecular weight excluding hydrogens is 371 g/mol. The molecule has 0 aliphatic carbocycles. The van der Waals surface area contributed by atoms with Crippen LogP contribution in [0.4, 0.5) is 0 Å². The molecule has 1 unspecified atom stereocenters. The number of aliphatic hydroxyl groups is 1. The molecule has 0 aromatic carbocycles. The van der Waals surface area contributed by atoms with E-state index in [1.165, 1.54) is 51.4 Å². The quantitative estimate of drug-likeness (QED) is 0.133. The molecule has 0 fully saturated rings. The first-order valence-corrected chi connectivity index (χ1v) is 11.7. The fraction of sp³-hybridized carbons (Fsp3) is 0.895. The molecule has 0 saturated heterocycles. The van der Waals surface area contributed by atoms with E-state index in [4.69, 9.17) is 9.79 Å². The SMILES string of the molecule is CCCCCCCCCCCCCCCC(=O)C(O)(OP(=O)(O)O)C(C)=O. The maximum absolute atomic E-state index is 11.9. The fourth-order valence-corrected chi connectivity index (χ4v) is 3.53. The summed E-state index contributed by atoms with van der Waals surface area (Å²) in [6.07, 6.45) is 14.6. The maximum atomic E-state index is 11.9. The van der Waals surface area contributed by atoms with Crippen molar-refractivity contribution in [1.29, 1.82) is 0 Å². The zero-order chi connectivity index (χ0) is 20.8. The number of Topliss-reactive ketones (excluding diaryl/α,β-unsaturated/α-hetero) is 2. The fourth-order valence-electron chi connectivity index (χ4n) is 2.96. The third-order valence-electron chi connectivity index (χ3n) is 4.61. The van der Waals surface area contributed by atoms with Gasteiger partial charge < -0.3 is 14.9 Å². The molecule has 0 aromatic rings. The molecule has 160 valence electrons. The van der Waals surface area contributed by atoms with E-state index >= 15 is 0 Å². The molecule has 3 N–H and O–H groups in total. The molecule has 0 aliphatic rings. The van der Waals surface area contributed by atoms with Gasteiger partial charge >= 0.3 is 7.82 Å². The first-order chi connectivity index (χ1) is 12.6. The van der Waals surface area contributed by atoms with E-state index in [-0.39, 0.29) is 6.42 Å². The molecule has 0 aromatic heterocycles. The smallest absolute Gasteiger partial charge is 0.353 e. The largest absolute Gasteiger partial charge is 0.472 e. The maximum Gasteiger partial charge on any atom is 0.472 e. The molecule has 0 radical (unpaired) electrons. The number of unbranched alkanes of at least 4 members (excludes halogenated alkanes) is 12. The van der Waals surface area contributed by atoms with Crippen molar-refractivity contribution in [3.63, 3.8) is 0 Å². The second-order valence-electron chi connectivity index (χ2n) is 7.20. The van der Waals surface area contributed by atoms with E-state index in [2.05, 4.69) is 11.4 Å². The first kappa shape index (κ1) is 26.4. The Bertz CT molecular complexity index is 475. The van der Waals surface area contributed by atoms with Crippen molar-refractivity contribution in [3.05, 3.63) is 0 Å². The van der Waals surface area contributed by atoms with Crippen LogP contribution in [0.25, 0.3) is 0 Å². The Morgan fingerprint density at radius 3 is 1.52 bits per heavy atom. The Labute approximate surface area is 163 Å². The Hall–Kier alpha value is -0.590. The number of hydrogen-bond acceptors (Lipinski definition) is 5. The van der Waals surface area contributed by atoms with Crippen molar-refractivity contribution >= 4 is 19.4 Å². The minimum Gasteiger partial charge on any atom is -0.353 e. The molecule has 1 atom stereocenters. The van der Waals surface area contributed by atoms with E-state index in [1.807, 2.05) is 0 Å². The summed E-state index contributed by atoms with van der Waals surface area (Å²) in [6.45, 7) is 3.08. The van der Waals surface area contributed by atoms with Crippen LogP contribution < -0.4 is 0 Å². The van der Waals surface area contributed by atoms with Gasteiger partial charge in [0.15, 0.2) is 11.6 Å². The highest BCUT2D eigenvalue weighted by Crippen LogP contribution is 2.41. The lowest BCUT2D eigenvalue weighted by Gasteiger charge is -2.23. The lowest BCUT2D eigenvalue weighted by atomic mass is 10.0. The minimum atomic E-state index is -5.16. The molecule has 0 amide bonds. The van der Waals surface area contributed by atoms with Gasteiger partial charge in [0.1, 0.15) is 0 Å². The van der Waals surface area contributed by atoms with Gasteiger partial charge in [-0.05, 0) is 6.42 Å². The summed E-state index contributed by atoms with van der Waals surface area (Å²) in [7, 11) is -5.16. The molecular formula is C19H37O7P. The summed E-state index contributed by atoms with van der Waals surface area (Å²) < 4.78 is 14.9. The number of phosphoric acid groups is 1. The number of hydrogen-bond donors (Lipinski definition) is 3. The van der Waals surface area contributed by atoms with Crippen LogP contribution in [0.1, 0.15) is 104 Å². The molecule has 0 bridgehead atoms. The van der Waals surface area contributed by atoms with E-state index in [0.717, 1.165) is 32.6 Å². The van der Waals surface area contributed by atoms with Crippen molar-refractivity contribution in [1.82, 2.24) is 0 Å². The zero-order valence-electron chi connectivity index (χ0n) is 16.8. The van der Waals surface area contributed by atoms with Crippen molar-refractivity contribution < 1.29 is 33.6 Å². The number of ketones is 2. The number of carbonyl (C=O) groups excluding carboxylic acids is 2. The van der Waals surface area contributed by atoms with Crippen LogP contribution in [0.15, 0.2) is 0 Å². The van der Waals surface area contributed by atoms with Gasteiger partial charge in [0.2, 0.25) is 0 Å². The summed E-state index contributed by atoms with van der Waals surface area (Å²) in [5.41, 5.74) is 0. The first-order valence-electron chi connectivity index (χ1n) is 10.2. The Morgan fingerprint density at radius 2 is 1.19 bits per heavy atom. The lowest BCUT2D eigenvalue weighted by molar-refractivity contribution is -0.184. The van der Waals surface area contributed by atoms with Gasteiger partial charge in [0.05, 0.1) is 0 Å². The Balaban J connectivity index is 3.78. The van der Waals surface area contributed by atoms with Gasteiger partial charge in [-0.25, -0.2) is 9.09 Å². The van der Waals surface area contributed by atoms with Gasteiger partial charge in [-0.15, -0.1) is 0 Å². The third kappa shape index (κ3) is 13.3. The molecule has 27 heavy (non-hydrogen) atoms. The predicted octanol–water partition coefficient (Wildman–Crippen LogP) is 4.42. The van der Waals surface area contributed by atoms with Crippen LogP contribution in [0, 0.1) is 0 Å². The molecule has 0 spiro atoms. The standard InChI is InChI=1S/C19H37O7P/c1-3-4-5-6-7-8-9-10-11-12-13-14-15-16-18(21)19(22,17(2)20)26-27(23,24)25/h22H,3-16H2,1-2H3,(H2,23,24,25). The van der Waals surface area contributed by atoms with Gasteiger partial charge in [0.25, 0.3) is 5.79 Å². The normalized spacial score (nSPS) is 14.1.